The first-order valence-electron chi connectivity index (χ1n) is 7.35. The minimum Gasteiger partial charge on any atom is -0.316 e. The van der Waals surface area contributed by atoms with Gasteiger partial charge in [-0.15, -0.1) is 0 Å². The van der Waals surface area contributed by atoms with Crippen molar-refractivity contribution >= 4 is 21.8 Å². The maximum Gasteiger partial charge on any atom is 0.240 e. The molecule has 0 bridgehead atoms. The van der Waals surface area contributed by atoms with Gasteiger partial charge in [0.2, 0.25) is 10.0 Å². The Morgan fingerprint density at radius 1 is 1.29 bits per heavy atom. The summed E-state index contributed by atoms with van der Waals surface area (Å²) in [5.41, 5.74) is 0.977. The molecule has 2 unspecified atom stereocenters. The average molecular weight is 329 g/mol. The number of rotatable bonds is 6. The van der Waals surface area contributed by atoms with E-state index in [-0.39, 0.29) is 6.04 Å². The van der Waals surface area contributed by atoms with Crippen molar-refractivity contribution in [2.75, 3.05) is 13.3 Å². The van der Waals surface area contributed by atoms with E-state index in [1.807, 2.05) is 13.1 Å². The number of thioether (sulfide) groups is 1. The lowest BCUT2D eigenvalue weighted by Crippen LogP contribution is -2.43. The van der Waals surface area contributed by atoms with Crippen LogP contribution in [-0.2, 0) is 16.6 Å². The van der Waals surface area contributed by atoms with Gasteiger partial charge in [-0.1, -0.05) is 25.0 Å². The molecule has 1 aromatic carbocycles. The number of hydrogen-bond donors (Lipinski definition) is 2. The fraction of sp³-hybridized carbons (Fsp3) is 0.600. The summed E-state index contributed by atoms with van der Waals surface area (Å²) in [4.78, 5) is 0.362. The van der Waals surface area contributed by atoms with E-state index >= 15 is 0 Å². The molecule has 118 valence electrons. The normalized spacial score (nSPS) is 23.1. The van der Waals surface area contributed by atoms with Gasteiger partial charge in [0.15, 0.2) is 0 Å². The lowest BCUT2D eigenvalue weighted by atomic mass is 9.96. The summed E-state index contributed by atoms with van der Waals surface area (Å²) in [6.07, 6.45) is 6.38. The Hall–Kier alpha value is -0.560. The predicted molar refractivity (Wildman–Crippen MR) is 89.1 cm³/mol. The minimum atomic E-state index is -3.43. The van der Waals surface area contributed by atoms with Crippen LogP contribution in [0.4, 0.5) is 0 Å². The molecule has 2 N–H and O–H groups in total. The van der Waals surface area contributed by atoms with Crippen LogP contribution in [0.25, 0.3) is 0 Å². The number of hydrogen-bond acceptors (Lipinski definition) is 4. The van der Waals surface area contributed by atoms with E-state index < -0.39 is 10.0 Å². The standard InChI is InChI=1S/C15H24N2O2S2/c1-16-11-12-6-5-7-13(10-12)21(18,19)17-14-8-3-4-9-15(14)20-2/h5-7,10,14-17H,3-4,8-9,11H2,1-2H3. The van der Waals surface area contributed by atoms with Crippen LogP contribution < -0.4 is 10.0 Å². The van der Waals surface area contributed by atoms with Gasteiger partial charge in [-0.3, -0.25) is 0 Å². The van der Waals surface area contributed by atoms with Crippen molar-refractivity contribution in [3.05, 3.63) is 29.8 Å². The fourth-order valence-corrected chi connectivity index (χ4v) is 5.21. The quantitative estimate of drug-likeness (QED) is 0.842. The lowest BCUT2D eigenvalue weighted by Gasteiger charge is -2.30. The van der Waals surface area contributed by atoms with Gasteiger partial charge < -0.3 is 5.32 Å². The first-order valence-corrected chi connectivity index (χ1v) is 10.1. The summed E-state index contributed by atoms with van der Waals surface area (Å²) in [7, 11) is -1.58. The summed E-state index contributed by atoms with van der Waals surface area (Å²) >= 11 is 1.76. The second-order valence-electron chi connectivity index (χ2n) is 5.46. The molecule has 2 rings (SSSR count). The zero-order valence-corrected chi connectivity index (χ0v) is 14.3. The molecule has 0 heterocycles. The first kappa shape index (κ1) is 16.8. The monoisotopic (exact) mass is 328 g/mol. The maximum atomic E-state index is 12.6. The van der Waals surface area contributed by atoms with E-state index in [4.69, 9.17) is 0 Å². The smallest absolute Gasteiger partial charge is 0.240 e. The Morgan fingerprint density at radius 3 is 2.76 bits per heavy atom. The van der Waals surface area contributed by atoms with Gasteiger partial charge in [0.1, 0.15) is 0 Å². The maximum absolute atomic E-state index is 12.6. The first-order chi connectivity index (χ1) is 10.1. The van der Waals surface area contributed by atoms with Crippen LogP contribution in [0.15, 0.2) is 29.2 Å². The molecular weight excluding hydrogens is 304 g/mol. The molecule has 0 radical (unpaired) electrons. The van der Waals surface area contributed by atoms with Gasteiger partial charge in [-0.05, 0) is 43.8 Å². The van der Waals surface area contributed by atoms with Crippen LogP contribution in [0, 0.1) is 0 Å². The van der Waals surface area contributed by atoms with Crippen molar-refractivity contribution in [2.45, 2.75) is 48.4 Å². The highest BCUT2D eigenvalue weighted by atomic mass is 32.2. The molecule has 0 amide bonds. The zero-order valence-electron chi connectivity index (χ0n) is 12.6. The highest BCUT2D eigenvalue weighted by Crippen LogP contribution is 2.28. The topological polar surface area (TPSA) is 58.2 Å². The SMILES string of the molecule is CNCc1cccc(S(=O)(=O)NC2CCCCC2SC)c1. The van der Waals surface area contributed by atoms with Crippen molar-refractivity contribution in [2.24, 2.45) is 0 Å². The molecule has 6 heteroatoms. The summed E-state index contributed by atoms with van der Waals surface area (Å²) in [6.45, 7) is 0.667. The summed E-state index contributed by atoms with van der Waals surface area (Å²) in [5.74, 6) is 0. The van der Waals surface area contributed by atoms with Crippen LogP contribution >= 0.6 is 11.8 Å². The van der Waals surface area contributed by atoms with E-state index in [1.54, 1.807) is 30.0 Å². The van der Waals surface area contributed by atoms with Crippen LogP contribution in [0.5, 0.6) is 0 Å². The van der Waals surface area contributed by atoms with Crippen LogP contribution in [-0.4, -0.2) is 33.0 Å². The van der Waals surface area contributed by atoms with E-state index in [0.717, 1.165) is 24.8 Å². The van der Waals surface area contributed by atoms with Crippen LogP contribution in [0.2, 0.25) is 0 Å². The Balaban J connectivity index is 2.15. The molecule has 4 nitrogen and oxygen atoms in total. The Morgan fingerprint density at radius 2 is 2.05 bits per heavy atom. The Labute approximate surface area is 132 Å². The molecule has 1 fully saturated rings. The molecule has 0 aromatic heterocycles. The molecule has 21 heavy (non-hydrogen) atoms. The highest BCUT2D eigenvalue weighted by Gasteiger charge is 2.28. The molecule has 0 aliphatic heterocycles. The molecule has 0 saturated heterocycles. The second-order valence-corrected chi connectivity index (χ2v) is 8.26. The molecule has 1 aliphatic carbocycles. The predicted octanol–water partition coefficient (Wildman–Crippen LogP) is 2.36. The third-order valence-electron chi connectivity index (χ3n) is 3.90. The largest absolute Gasteiger partial charge is 0.316 e. The Bertz CT molecular complexity index is 561. The van der Waals surface area contributed by atoms with Crippen molar-refractivity contribution in [1.29, 1.82) is 0 Å². The van der Waals surface area contributed by atoms with Gasteiger partial charge in [-0.2, -0.15) is 11.8 Å². The third kappa shape index (κ3) is 4.45. The molecule has 0 spiro atoms. The molecule has 1 saturated carbocycles. The van der Waals surface area contributed by atoms with Crippen molar-refractivity contribution in [3.63, 3.8) is 0 Å². The Kier molecular flexibility index (Phi) is 6.10. The van der Waals surface area contributed by atoms with Gasteiger partial charge in [0.25, 0.3) is 0 Å². The number of nitrogens with one attached hydrogen (secondary N) is 2. The second kappa shape index (κ2) is 7.63. The molecule has 1 aliphatic rings. The minimum absolute atomic E-state index is 0.0479. The van der Waals surface area contributed by atoms with Gasteiger partial charge in [-0.25, -0.2) is 13.1 Å². The summed E-state index contributed by atoms with van der Waals surface area (Å²) in [6, 6.07) is 7.19. The van der Waals surface area contributed by atoms with Crippen molar-refractivity contribution in [3.8, 4) is 0 Å². The van der Waals surface area contributed by atoms with E-state index in [0.29, 0.717) is 16.7 Å². The summed E-state index contributed by atoms with van der Waals surface area (Å²) in [5, 5.41) is 3.43. The molecule has 1 aromatic rings. The van der Waals surface area contributed by atoms with Crippen LogP contribution in [0.3, 0.4) is 0 Å². The van der Waals surface area contributed by atoms with Crippen molar-refractivity contribution < 1.29 is 8.42 Å². The van der Waals surface area contributed by atoms with Gasteiger partial charge in [0, 0.05) is 17.8 Å². The average Bonchev–Trinajstić information content (AvgIpc) is 2.48. The van der Waals surface area contributed by atoms with E-state index in [2.05, 4.69) is 16.3 Å². The number of sulfonamides is 1. The van der Waals surface area contributed by atoms with Crippen LogP contribution in [0.1, 0.15) is 31.2 Å². The van der Waals surface area contributed by atoms with Gasteiger partial charge in [0.05, 0.1) is 4.90 Å². The number of benzene rings is 1. The van der Waals surface area contributed by atoms with Gasteiger partial charge >= 0.3 is 0 Å². The lowest BCUT2D eigenvalue weighted by molar-refractivity contribution is 0.423. The van der Waals surface area contributed by atoms with E-state index in [9.17, 15) is 8.42 Å². The highest BCUT2D eigenvalue weighted by molar-refractivity contribution is 7.99. The molecular formula is C15H24N2O2S2. The summed E-state index contributed by atoms with van der Waals surface area (Å²) < 4.78 is 28.1. The van der Waals surface area contributed by atoms with Crippen molar-refractivity contribution in [1.82, 2.24) is 10.0 Å². The third-order valence-corrected chi connectivity index (χ3v) is 6.56. The fourth-order valence-electron chi connectivity index (χ4n) is 2.81. The molecule has 2 atom stereocenters. The van der Waals surface area contributed by atoms with E-state index in [1.165, 1.54) is 6.42 Å². The zero-order chi connectivity index (χ0) is 15.3.